The summed E-state index contributed by atoms with van der Waals surface area (Å²) in [5.41, 5.74) is 6.63. The molecule has 1 aliphatic rings. The largest absolute Gasteiger partial charge is 0.368 e. The highest BCUT2D eigenvalue weighted by Crippen LogP contribution is 2.23. The van der Waals surface area contributed by atoms with Crippen molar-refractivity contribution >= 4 is 11.5 Å². The molecule has 0 saturated heterocycles. The second-order valence-electron chi connectivity index (χ2n) is 4.92. The van der Waals surface area contributed by atoms with Gasteiger partial charge in [0.1, 0.15) is 5.82 Å². The van der Waals surface area contributed by atoms with Crippen molar-refractivity contribution in [2.45, 2.75) is 31.7 Å². The van der Waals surface area contributed by atoms with E-state index in [0.717, 1.165) is 25.2 Å². The van der Waals surface area contributed by atoms with E-state index < -0.39 is 0 Å². The van der Waals surface area contributed by atoms with Crippen LogP contribution in [0.3, 0.4) is 0 Å². The van der Waals surface area contributed by atoms with E-state index in [-0.39, 0.29) is 0 Å². The van der Waals surface area contributed by atoms with E-state index in [4.69, 9.17) is 5.73 Å². The molecule has 3 N–H and O–H groups in total. The third-order valence-corrected chi connectivity index (χ3v) is 3.46. The van der Waals surface area contributed by atoms with E-state index >= 15 is 0 Å². The van der Waals surface area contributed by atoms with Gasteiger partial charge < -0.3 is 11.1 Å². The van der Waals surface area contributed by atoms with Crippen LogP contribution in [-0.2, 0) is 0 Å². The van der Waals surface area contributed by atoms with Crippen molar-refractivity contribution in [1.29, 1.82) is 0 Å². The average Bonchev–Trinajstić information content (AvgIpc) is 2.84. The first-order valence-corrected chi connectivity index (χ1v) is 6.36. The first kappa shape index (κ1) is 11.3. The molecule has 2 aromatic rings. The van der Waals surface area contributed by atoms with Crippen LogP contribution in [0.25, 0.3) is 5.65 Å². The maximum Gasteiger partial charge on any atom is 0.200 e. The molecular formula is C11H17N7. The second-order valence-corrected chi connectivity index (χ2v) is 4.92. The Kier molecular flexibility index (Phi) is 3.06. The molecule has 96 valence electrons. The number of hydrogen-bond donors (Lipinski definition) is 2. The highest BCUT2D eigenvalue weighted by atomic mass is 15.6. The summed E-state index contributed by atoms with van der Waals surface area (Å²) < 4.78 is 1.43. The van der Waals surface area contributed by atoms with E-state index in [0.29, 0.717) is 17.6 Å². The Morgan fingerprint density at radius 1 is 1.39 bits per heavy atom. The molecule has 2 aromatic heterocycles. The Hall–Kier alpha value is -1.76. The van der Waals surface area contributed by atoms with Crippen LogP contribution in [0.1, 0.15) is 25.7 Å². The quantitative estimate of drug-likeness (QED) is 0.817. The first-order chi connectivity index (χ1) is 8.81. The van der Waals surface area contributed by atoms with Crippen LogP contribution in [-0.4, -0.2) is 37.8 Å². The fourth-order valence-electron chi connectivity index (χ4n) is 2.51. The monoisotopic (exact) mass is 247 g/mol. The Morgan fingerprint density at radius 3 is 3.22 bits per heavy atom. The van der Waals surface area contributed by atoms with Crippen LogP contribution >= 0.6 is 0 Å². The molecule has 1 aliphatic carbocycles. The molecule has 3 rings (SSSR count). The molecule has 7 heteroatoms. The minimum atomic E-state index is 0.362. The number of nitrogens with two attached hydrogens (primary N) is 1. The SMILES string of the molecule is NC1CCCC(CNc2ccc3nnnn3n2)C1. The van der Waals surface area contributed by atoms with Gasteiger partial charge in [-0.05, 0) is 47.7 Å². The number of hydrogen-bond acceptors (Lipinski definition) is 6. The summed E-state index contributed by atoms with van der Waals surface area (Å²) in [6, 6.07) is 4.11. The van der Waals surface area contributed by atoms with Gasteiger partial charge in [0.2, 0.25) is 0 Å². The Balaban J connectivity index is 1.61. The Bertz CT molecular complexity index is 523. The van der Waals surface area contributed by atoms with Crippen molar-refractivity contribution in [2.24, 2.45) is 11.7 Å². The van der Waals surface area contributed by atoms with Crippen molar-refractivity contribution < 1.29 is 0 Å². The fourth-order valence-corrected chi connectivity index (χ4v) is 2.51. The van der Waals surface area contributed by atoms with Gasteiger partial charge in [-0.1, -0.05) is 6.42 Å². The minimum absolute atomic E-state index is 0.362. The smallest absolute Gasteiger partial charge is 0.200 e. The second kappa shape index (κ2) is 4.85. The lowest BCUT2D eigenvalue weighted by molar-refractivity contribution is 0.334. The topological polar surface area (TPSA) is 94.0 Å². The summed E-state index contributed by atoms with van der Waals surface area (Å²) in [6.45, 7) is 0.911. The summed E-state index contributed by atoms with van der Waals surface area (Å²) in [5.74, 6) is 1.44. The van der Waals surface area contributed by atoms with E-state index in [1.807, 2.05) is 12.1 Å². The van der Waals surface area contributed by atoms with Gasteiger partial charge in [-0.25, -0.2) is 0 Å². The van der Waals surface area contributed by atoms with E-state index in [1.54, 1.807) is 0 Å². The predicted molar refractivity (Wildman–Crippen MR) is 67.0 cm³/mol. The molecule has 1 saturated carbocycles. The standard InChI is InChI=1S/C11H17N7/c12-9-3-1-2-8(6-9)7-13-10-4-5-11-14-16-17-18(11)15-10/h4-5,8-9H,1-3,6-7,12H2,(H,13,15). The Morgan fingerprint density at radius 2 is 2.33 bits per heavy atom. The third-order valence-electron chi connectivity index (χ3n) is 3.46. The summed E-state index contributed by atoms with van der Waals surface area (Å²) in [5, 5.41) is 18.8. The van der Waals surface area contributed by atoms with Gasteiger partial charge in [0.15, 0.2) is 5.65 Å². The normalized spacial score (nSPS) is 24.3. The number of fused-ring (bicyclic) bond motifs is 1. The molecule has 2 unspecified atom stereocenters. The van der Waals surface area contributed by atoms with Crippen LogP contribution in [0.4, 0.5) is 5.82 Å². The number of aromatic nitrogens is 5. The van der Waals surface area contributed by atoms with Crippen LogP contribution in [0.5, 0.6) is 0 Å². The van der Waals surface area contributed by atoms with Gasteiger partial charge >= 0.3 is 0 Å². The van der Waals surface area contributed by atoms with Crippen molar-refractivity contribution in [3.63, 3.8) is 0 Å². The van der Waals surface area contributed by atoms with Crippen LogP contribution in [0.15, 0.2) is 12.1 Å². The van der Waals surface area contributed by atoms with Crippen molar-refractivity contribution in [2.75, 3.05) is 11.9 Å². The van der Waals surface area contributed by atoms with E-state index in [2.05, 4.69) is 25.9 Å². The van der Waals surface area contributed by atoms with Gasteiger partial charge in [0, 0.05) is 12.6 Å². The summed E-state index contributed by atoms with van der Waals surface area (Å²) >= 11 is 0. The number of nitrogens with zero attached hydrogens (tertiary/aromatic N) is 5. The molecule has 0 aromatic carbocycles. The minimum Gasteiger partial charge on any atom is -0.368 e. The van der Waals surface area contributed by atoms with Gasteiger partial charge in [0.25, 0.3) is 0 Å². The highest BCUT2D eigenvalue weighted by molar-refractivity contribution is 5.42. The molecule has 7 nitrogen and oxygen atoms in total. The molecule has 0 amide bonds. The molecular weight excluding hydrogens is 230 g/mol. The number of anilines is 1. The molecule has 2 atom stereocenters. The number of rotatable bonds is 3. The lowest BCUT2D eigenvalue weighted by Gasteiger charge is -2.26. The van der Waals surface area contributed by atoms with Gasteiger partial charge in [-0.15, -0.1) is 14.8 Å². The van der Waals surface area contributed by atoms with Crippen molar-refractivity contribution in [3.05, 3.63) is 12.1 Å². The van der Waals surface area contributed by atoms with Gasteiger partial charge in [-0.2, -0.15) is 0 Å². The maximum absolute atomic E-state index is 5.98. The molecule has 18 heavy (non-hydrogen) atoms. The molecule has 0 spiro atoms. The maximum atomic E-state index is 5.98. The zero-order valence-corrected chi connectivity index (χ0v) is 10.2. The lowest BCUT2D eigenvalue weighted by atomic mass is 9.86. The molecule has 1 fully saturated rings. The van der Waals surface area contributed by atoms with Crippen LogP contribution in [0.2, 0.25) is 0 Å². The Labute approximate surface area is 105 Å². The summed E-state index contributed by atoms with van der Waals surface area (Å²) in [6.07, 6.45) is 4.73. The van der Waals surface area contributed by atoms with Gasteiger partial charge in [0.05, 0.1) is 0 Å². The van der Waals surface area contributed by atoms with E-state index in [9.17, 15) is 0 Å². The fraction of sp³-hybridized carbons (Fsp3) is 0.636. The third kappa shape index (κ3) is 2.40. The lowest BCUT2D eigenvalue weighted by Crippen LogP contribution is -2.31. The molecule has 0 aliphatic heterocycles. The zero-order chi connectivity index (χ0) is 12.4. The van der Waals surface area contributed by atoms with Crippen LogP contribution in [0, 0.1) is 5.92 Å². The molecule has 0 radical (unpaired) electrons. The highest BCUT2D eigenvalue weighted by Gasteiger charge is 2.18. The predicted octanol–water partition coefficient (Wildman–Crippen LogP) is 0.449. The van der Waals surface area contributed by atoms with Crippen LogP contribution < -0.4 is 11.1 Å². The summed E-state index contributed by atoms with van der Waals surface area (Å²) in [7, 11) is 0. The van der Waals surface area contributed by atoms with E-state index in [1.165, 1.54) is 17.5 Å². The zero-order valence-electron chi connectivity index (χ0n) is 10.2. The number of tetrazole rings is 1. The summed E-state index contributed by atoms with van der Waals surface area (Å²) in [4.78, 5) is 0. The molecule has 0 bridgehead atoms. The first-order valence-electron chi connectivity index (χ1n) is 6.36. The van der Waals surface area contributed by atoms with Crippen molar-refractivity contribution in [1.82, 2.24) is 25.3 Å². The average molecular weight is 247 g/mol. The molecule has 2 heterocycles. The number of nitrogens with one attached hydrogen (secondary N) is 1. The van der Waals surface area contributed by atoms with Crippen molar-refractivity contribution in [3.8, 4) is 0 Å². The van der Waals surface area contributed by atoms with Gasteiger partial charge in [-0.3, -0.25) is 0 Å².